The molecule has 0 unspecified atom stereocenters. The highest BCUT2D eigenvalue weighted by atomic mass is 32.2. The third-order valence-corrected chi connectivity index (χ3v) is 1.76. The van der Waals surface area contributed by atoms with Crippen molar-refractivity contribution in [2.45, 2.75) is 40.0 Å². The fourth-order valence-corrected chi connectivity index (χ4v) is 1.05. The molecule has 0 saturated heterocycles. The minimum absolute atomic E-state index is 1.13. The number of rotatable bonds is 5. The van der Waals surface area contributed by atoms with Gasteiger partial charge in [-0.1, -0.05) is 40.3 Å². The van der Waals surface area contributed by atoms with Gasteiger partial charge in [-0.25, -0.2) is 0 Å². The maximum atomic E-state index is 3.87. The van der Waals surface area contributed by atoms with Gasteiger partial charge in [0.2, 0.25) is 0 Å². The molecule has 0 fully saturated rings. The van der Waals surface area contributed by atoms with Crippen LogP contribution >= 0.6 is 11.8 Å². The first-order valence-electron chi connectivity index (χ1n) is 4.26. The van der Waals surface area contributed by atoms with Crippen LogP contribution in [0.4, 0.5) is 0 Å². The predicted octanol–water partition coefficient (Wildman–Crippen LogP) is 4.59. The Hall–Kier alpha value is -0.170. The lowest BCUT2D eigenvalue weighted by molar-refractivity contribution is 0.810. The lowest BCUT2D eigenvalue weighted by atomic mass is 10.2. The van der Waals surface area contributed by atoms with Gasteiger partial charge in [0.15, 0.2) is 0 Å². The van der Waals surface area contributed by atoms with Crippen molar-refractivity contribution in [1.29, 1.82) is 0 Å². The van der Waals surface area contributed by atoms with Crippen LogP contribution in [0.3, 0.4) is 0 Å². The maximum Gasteiger partial charge on any atom is -0.0180 e. The number of hydrogen-bond acceptors (Lipinski definition) is 1. The van der Waals surface area contributed by atoms with E-state index >= 15 is 0 Å². The summed E-state index contributed by atoms with van der Waals surface area (Å²) in [4.78, 5) is 1.23. The monoisotopic (exact) mass is 172 g/mol. The van der Waals surface area contributed by atoms with Crippen LogP contribution < -0.4 is 0 Å². The Labute approximate surface area is 75.8 Å². The Kier molecular flexibility index (Phi) is 15.3. The van der Waals surface area contributed by atoms with Gasteiger partial charge in [0.1, 0.15) is 0 Å². The molecular weight excluding hydrogens is 152 g/mol. The minimum Gasteiger partial charge on any atom is -0.104 e. The van der Waals surface area contributed by atoms with Crippen LogP contribution in [0, 0.1) is 0 Å². The molecule has 0 bridgehead atoms. The molecular formula is C10H20S. The summed E-state index contributed by atoms with van der Waals surface area (Å²) in [5.74, 6) is 0. The second-order valence-corrected chi connectivity index (χ2v) is 3.07. The second-order valence-electron chi connectivity index (χ2n) is 1.93. The minimum atomic E-state index is 1.13. The topological polar surface area (TPSA) is 0 Å². The molecule has 0 saturated carbocycles. The zero-order valence-electron chi connectivity index (χ0n) is 8.02. The van der Waals surface area contributed by atoms with E-state index in [1.807, 2.05) is 19.3 Å². The van der Waals surface area contributed by atoms with Gasteiger partial charge in [0.25, 0.3) is 0 Å². The van der Waals surface area contributed by atoms with E-state index in [1.54, 1.807) is 11.8 Å². The van der Waals surface area contributed by atoms with Crippen LogP contribution in [0.2, 0.25) is 0 Å². The van der Waals surface area contributed by atoms with Gasteiger partial charge >= 0.3 is 0 Å². The molecule has 0 aliphatic carbocycles. The van der Waals surface area contributed by atoms with Crippen LogP contribution in [0.1, 0.15) is 40.0 Å². The van der Waals surface area contributed by atoms with E-state index in [9.17, 15) is 0 Å². The first-order valence-corrected chi connectivity index (χ1v) is 5.14. The van der Waals surface area contributed by atoms with Crippen molar-refractivity contribution in [2.75, 3.05) is 0 Å². The van der Waals surface area contributed by atoms with Crippen LogP contribution in [-0.2, 0) is 0 Å². The highest BCUT2D eigenvalue weighted by Gasteiger charge is 1.88. The highest BCUT2D eigenvalue weighted by molar-refractivity contribution is 8.05. The van der Waals surface area contributed by atoms with Crippen molar-refractivity contribution < 1.29 is 0 Å². The van der Waals surface area contributed by atoms with Crippen molar-refractivity contribution in [3.63, 3.8) is 0 Å². The molecule has 0 aromatic rings. The summed E-state index contributed by atoms with van der Waals surface area (Å²) in [5, 5.41) is 1.83. The van der Waals surface area contributed by atoms with E-state index in [1.165, 1.54) is 17.7 Å². The third-order valence-electron chi connectivity index (χ3n) is 1.06. The number of unbranched alkanes of at least 4 members (excludes halogenated alkanes) is 1. The number of thioether (sulfide) groups is 1. The lowest BCUT2D eigenvalue weighted by Gasteiger charge is -1.97. The molecule has 0 amide bonds. The Morgan fingerprint density at radius 1 is 1.45 bits per heavy atom. The van der Waals surface area contributed by atoms with E-state index in [2.05, 4.69) is 20.1 Å². The standard InChI is InChI=1S/C8H14S.C2H6/c1-4-6-7-8(3)9-5-2;1-2/h5H,2-4,6-7H2,1H3;1-2H3. The van der Waals surface area contributed by atoms with Crippen LogP contribution in [0.25, 0.3) is 0 Å². The molecule has 0 aliphatic heterocycles. The van der Waals surface area contributed by atoms with Gasteiger partial charge in [-0.05, 0) is 23.2 Å². The molecule has 0 nitrogen and oxygen atoms in total. The zero-order chi connectivity index (χ0) is 9.11. The molecule has 66 valence electrons. The van der Waals surface area contributed by atoms with Crippen molar-refractivity contribution in [3.05, 3.63) is 23.5 Å². The molecule has 0 heterocycles. The Morgan fingerprint density at radius 2 is 2.00 bits per heavy atom. The summed E-state index contributed by atoms with van der Waals surface area (Å²) >= 11 is 1.64. The molecule has 0 radical (unpaired) electrons. The predicted molar refractivity (Wildman–Crippen MR) is 57.8 cm³/mol. The quantitative estimate of drug-likeness (QED) is 0.584. The van der Waals surface area contributed by atoms with Crippen molar-refractivity contribution in [3.8, 4) is 0 Å². The van der Waals surface area contributed by atoms with Gasteiger partial charge in [-0.3, -0.25) is 0 Å². The Balaban J connectivity index is 0. The van der Waals surface area contributed by atoms with E-state index in [0.29, 0.717) is 0 Å². The SMILES string of the molecule is C=CSC(=C)CCCC.CC. The molecule has 0 atom stereocenters. The normalized spacial score (nSPS) is 7.91. The fourth-order valence-electron chi connectivity index (χ4n) is 0.551. The summed E-state index contributed by atoms with van der Waals surface area (Å²) in [6.45, 7) is 13.7. The molecule has 0 aromatic heterocycles. The molecule has 0 spiro atoms. The summed E-state index contributed by atoms with van der Waals surface area (Å²) in [6, 6.07) is 0. The summed E-state index contributed by atoms with van der Waals surface area (Å²) in [6.07, 6.45) is 3.63. The number of hydrogen-bond donors (Lipinski definition) is 0. The Bertz CT molecular complexity index is 95.0. The van der Waals surface area contributed by atoms with Gasteiger partial charge in [0, 0.05) is 0 Å². The third kappa shape index (κ3) is 12.9. The van der Waals surface area contributed by atoms with Gasteiger partial charge in [-0.2, -0.15) is 0 Å². The number of allylic oxidation sites excluding steroid dienone is 1. The van der Waals surface area contributed by atoms with Gasteiger partial charge in [0.05, 0.1) is 0 Å². The van der Waals surface area contributed by atoms with E-state index < -0.39 is 0 Å². The smallest absolute Gasteiger partial charge is 0.0180 e. The first-order chi connectivity index (χ1) is 5.31. The van der Waals surface area contributed by atoms with Gasteiger partial charge in [-0.15, -0.1) is 11.8 Å². The van der Waals surface area contributed by atoms with Crippen LogP contribution in [-0.4, -0.2) is 0 Å². The van der Waals surface area contributed by atoms with Crippen molar-refractivity contribution in [2.24, 2.45) is 0 Å². The molecule has 0 N–H and O–H groups in total. The highest BCUT2D eigenvalue weighted by Crippen LogP contribution is 2.19. The van der Waals surface area contributed by atoms with E-state index in [4.69, 9.17) is 0 Å². The molecule has 11 heavy (non-hydrogen) atoms. The molecule has 0 aliphatic rings. The molecule has 0 aromatic carbocycles. The average Bonchev–Trinajstić information content (AvgIpc) is 2.05. The summed E-state index contributed by atoms with van der Waals surface area (Å²) < 4.78 is 0. The van der Waals surface area contributed by atoms with E-state index in [-0.39, 0.29) is 0 Å². The van der Waals surface area contributed by atoms with Gasteiger partial charge < -0.3 is 0 Å². The summed E-state index contributed by atoms with van der Waals surface area (Å²) in [7, 11) is 0. The molecule has 1 heteroatoms. The van der Waals surface area contributed by atoms with E-state index in [0.717, 1.165) is 6.42 Å². The molecule has 0 rings (SSSR count). The van der Waals surface area contributed by atoms with Crippen molar-refractivity contribution >= 4 is 11.8 Å². The van der Waals surface area contributed by atoms with Crippen LogP contribution in [0.15, 0.2) is 23.5 Å². The fraction of sp³-hybridized carbons (Fsp3) is 0.600. The van der Waals surface area contributed by atoms with Crippen LogP contribution in [0.5, 0.6) is 0 Å². The average molecular weight is 172 g/mol. The van der Waals surface area contributed by atoms with Crippen molar-refractivity contribution in [1.82, 2.24) is 0 Å². The second kappa shape index (κ2) is 12.5. The maximum absolute atomic E-state index is 3.87. The largest absolute Gasteiger partial charge is 0.104 e. The lowest BCUT2D eigenvalue weighted by Crippen LogP contribution is -1.72. The summed E-state index contributed by atoms with van der Waals surface area (Å²) in [5.41, 5.74) is 0. The zero-order valence-corrected chi connectivity index (χ0v) is 8.84. The first kappa shape index (κ1) is 13.4. The Morgan fingerprint density at radius 3 is 2.36 bits per heavy atom.